The summed E-state index contributed by atoms with van der Waals surface area (Å²) >= 11 is 6.29. The van der Waals surface area contributed by atoms with Gasteiger partial charge in [0.1, 0.15) is 0 Å². The van der Waals surface area contributed by atoms with E-state index in [1.54, 1.807) is 23.1 Å². The molecule has 2 unspecified atom stereocenters. The van der Waals surface area contributed by atoms with Crippen molar-refractivity contribution in [3.63, 3.8) is 0 Å². The number of hydrogen-bond acceptors (Lipinski definition) is 4. The van der Waals surface area contributed by atoms with Crippen molar-refractivity contribution >= 4 is 33.0 Å². The van der Waals surface area contributed by atoms with Crippen LogP contribution in [0.5, 0.6) is 0 Å². The molecule has 2 heterocycles. The van der Waals surface area contributed by atoms with Crippen LogP contribution in [0.3, 0.4) is 0 Å². The Bertz CT molecular complexity index is 933. The molecule has 0 bridgehead atoms. The van der Waals surface area contributed by atoms with E-state index in [2.05, 4.69) is 0 Å². The van der Waals surface area contributed by atoms with Crippen molar-refractivity contribution in [2.45, 2.75) is 18.6 Å². The van der Waals surface area contributed by atoms with Gasteiger partial charge >= 0.3 is 0 Å². The third-order valence-electron chi connectivity index (χ3n) is 5.04. The number of halogens is 1. The molecule has 136 valence electrons. The number of fused-ring (bicyclic) bond motifs is 1. The van der Waals surface area contributed by atoms with E-state index in [9.17, 15) is 13.2 Å². The number of amides is 1. The van der Waals surface area contributed by atoms with Crippen LogP contribution in [0.1, 0.15) is 5.56 Å². The van der Waals surface area contributed by atoms with Gasteiger partial charge in [-0.1, -0.05) is 54.1 Å². The van der Waals surface area contributed by atoms with Gasteiger partial charge in [-0.15, -0.1) is 0 Å². The van der Waals surface area contributed by atoms with Crippen molar-refractivity contribution in [1.29, 1.82) is 0 Å². The average molecular weight is 391 g/mol. The third-order valence-corrected chi connectivity index (χ3v) is 7.06. The van der Waals surface area contributed by atoms with Gasteiger partial charge in [-0.25, -0.2) is 8.42 Å². The molecule has 2 fully saturated rings. The Morgan fingerprint density at radius 3 is 2.35 bits per heavy atom. The van der Waals surface area contributed by atoms with Crippen LogP contribution >= 0.6 is 11.6 Å². The van der Waals surface area contributed by atoms with Gasteiger partial charge in [-0.3, -0.25) is 9.69 Å². The van der Waals surface area contributed by atoms with E-state index in [-0.39, 0.29) is 30.0 Å². The SMILES string of the molecule is O=C1CN(Cc2ccccc2)C2CS(=O)(=O)CC2N1c1ccccc1Cl. The van der Waals surface area contributed by atoms with Gasteiger partial charge in [-0.05, 0) is 17.7 Å². The van der Waals surface area contributed by atoms with Gasteiger partial charge in [-0.2, -0.15) is 0 Å². The summed E-state index contributed by atoms with van der Waals surface area (Å²) in [7, 11) is -3.21. The van der Waals surface area contributed by atoms with Gasteiger partial charge in [0.2, 0.25) is 5.91 Å². The van der Waals surface area contributed by atoms with Crippen molar-refractivity contribution in [3.8, 4) is 0 Å². The molecular formula is C19H19ClN2O3S. The maximum atomic E-state index is 12.9. The Labute approximate surface area is 158 Å². The molecule has 4 rings (SSSR count). The van der Waals surface area contributed by atoms with Gasteiger partial charge in [0.25, 0.3) is 0 Å². The highest BCUT2D eigenvalue weighted by Gasteiger charge is 2.49. The van der Waals surface area contributed by atoms with Crippen molar-refractivity contribution in [2.75, 3.05) is 23.0 Å². The highest BCUT2D eigenvalue weighted by Crippen LogP contribution is 2.35. The van der Waals surface area contributed by atoms with Crippen molar-refractivity contribution in [2.24, 2.45) is 0 Å². The molecule has 2 aliphatic heterocycles. The quantitative estimate of drug-likeness (QED) is 0.807. The molecule has 2 saturated heterocycles. The minimum absolute atomic E-state index is 0.0279. The molecule has 2 atom stereocenters. The fourth-order valence-electron chi connectivity index (χ4n) is 3.91. The topological polar surface area (TPSA) is 57.7 Å². The van der Waals surface area contributed by atoms with E-state index in [0.717, 1.165) is 5.56 Å². The standard InChI is InChI=1S/C19H19ClN2O3S/c20-15-8-4-5-9-16(15)22-18-13-26(24,25)12-17(18)21(11-19(22)23)10-14-6-2-1-3-7-14/h1-9,17-18H,10-13H2. The summed E-state index contributed by atoms with van der Waals surface area (Å²) in [5, 5.41) is 0.459. The molecule has 0 aromatic heterocycles. The number of piperazine rings is 1. The van der Waals surface area contributed by atoms with Gasteiger partial charge < -0.3 is 4.90 Å². The number of sulfone groups is 1. The Morgan fingerprint density at radius 2 is 1.62 bits per heavy atom. The number of hydrogen-bond donors (Lipinski definition) is 0. The van der Waals surface area contributed by atoms with Crippen LogP contribution in [-0.4, -0.2) is 49.4 Å². The van der Waals surface area contributed by atoms with Crippen molar-refractivity contribution in [1.82, 2.24) is 4.90 Å². The first-order valence-corrected chi connectivity index (χ1v) is 10.7. The first-order chi connectivity index (χ1) is 12.4. The van der Waals surface area contributed by atoms with Crippen LogP contribution in [-0.2, 0) is 21.2 Å². The molecule has 0 saturated carbocycles. The largest absolute Gasteiger partial charge is 0.304 e. The van der Waals surface area contributed by atoms with Gasteiger partial charge in [0.15, 0.2) is 9.84 Å². The Balaban J connectivity index is 1.70. The monoisotopic (exact) mass is 390 g/mol. The normalized spacial score (nSPS) is 25.3. The molecule has 2 aromatic rings. The number of benzene rings is 2. The summed E-state index contributed by atoms with van der Waals surface area (Å²) in [5.41, 5.74) is 1.65. The van der Waals surface area contributed by atoms with Crippen LogP contribution in [0.25, 0.3) is 0 Å². The molecule has 26 heavy (non-hydrogen) atoms. The molecule has 1 amide bonds. The summed E-state index contributed by atoms with van der Waals surface area (Å²) in [4.78, 5) is 16.5. The lowest BCUT2D eigenvalue weighted by Gasteiger charge is -2.43. The highest BCUT2D eigenvalue weighted by atomic mass is 35.5. The van der Waals surface area contributed by atoms with E-state index in [4.69, 9.17) is 11.6 Å². The maximum absolute atomic E-state index is 12.9. The summed E-state index contributed by atoms with van der Waals surface area (Å²) in [6, 6.07) is 16.3. The molecule has 0 radical (unpaired) electrons. The number of carbonyl (C=O) groups excluding carboxylic acids is 1. The van der Waals surface area contributed by atoms with Crippen LogP contribution in [0.2, 0.25) is 5.02 Å². The van der Waals surface area contributed by atoms with Crippen molar-refractivity contribution < 1.29 is 13.2 Å². The van der Waals surface area contributed by atoms with E-state index in [0.29, 0.717) is 17.3 Å². The number of para-hydroxylation sites is 1. The second-order valence-electron chi connectivity index (χ2n) is 6.82. The zero-order valence-electron chi connectivity index (χ0n) is 14.1. The molecule has 5 nitrogen and oxygen atoms in total. The zero-order chi connectivity index (χ0) is 18.3. The van der Waals surface area contributed by atoms with E-state index >= 15 is 0 Å². The number of carbonyl (C=O) groups is 1. The van der Waals surface area contributed by atoms with Crippen LogP contribution < -0.4 is 4.90 Å². The van der Waals surface area contributed by atoms with Crippen molar-refractivity contribution in [3.05, 3.63) is 65.2 Å². The minimum Gasteiger partial charge on any atom is -0.304 e. The Kier molecular flexibility index (Phi) is 4.50. The molecule has 0 aliphatic carbocycles. The number of nitrogens with zero attached hydrogens (tertiary/aromatic N) is 2. The lowest BCUT2D eigenvalue weighted by atomic mass is 10.0. The molecule has 0 N–H and O–H groups in total. The van der Waals surface area contributed by atoms with Crippen LogP contribution in [0.4, 0.5) is 5.69 Å². The Hall–Kier alpha value is -1.89. The van der Waals surface area contributed by atoms with Crippen LogP contribution in [0.15, 0.2) is 54.6 Å². The predicted octanol–water partition coefficient (Wildman–Crippen LogP) is 2.35. The van der Waals surface area contributed by atoms with Gasteiger partial charge in [0.05, 0.1) is 34.8 Å². The zero-order valence-corrected chi connectivity index (χ0v) is 15.7. The first-order valence-electron chi connectivity index (χ1n) is 8.49. The predicted molar refractivity (Wildman–Crippen MR) is 102 cm³/mol. The molecule has 7 heteroatoms. The summed E-state index contributed by atoms with van der Waals surface area (Å²) in [5.74, 6) is -0.0778. The molecule has 2 aromatic carbocycles. The van der Waals surface area contributed by atoms with E-state index < -0.39 is 15.9 Å². The second kappa shape index (κ2) is 6.68. The molecule has 2 aliphatic rings. The summed E-state index contributed by atoms with van der Waals surface area (Å²) in [6.07, 6.45) is 0. The summed E-state index contributed by atoms with van der Waals surface area (Å²) in [6.45, 7) is 0.733. The third kappa shape index (κ3) is 3.24. The lowest BCUT2D eigenvalue weighted by molar-refractivity contribution is -0.123. The van der Waals surface area contributed by atoms with E-state index in [1.165, 1.54) is 0 Å². The second-order valence-corrected chi connectivity index (χ2v) is 9.38. The Morgan fingerprint density at radius 1 is 0.962 bits per heavy atom. The maximum Gasteiger partial charge on any atom is 0.241 e. The smallest absolute Gasteiger partial charge is 0.241 e. The fraction of sp³-hybridized carbons (Fsp3) is 0.316. The first kappa shape index (κ1) is 17.5. The highest BCUT2D eigenvalue weighted by molar-refractivity contribution is 7.91. The average Bonchev–Trinajstić information content (AvgIpc) is 2.93. The molecular weight excluding hydrogens is 372 g/mol. The minimum atomic E-state index is -3.21. The lowest BCUT2D eigenvalue weighted by Crippen LogP contribution is -2.61. The van der Waals surface area contributed by atoms with E-state index in [1.807, 2.05) is 41.3 Å². The number of anilines is 1. The number of rotatable bonds is 3. The van der Waals surface area contributed by atoms with Crippen LogP contribution in [0, 0.1) is 0 Å². The van der Waals surface area contributed by atoms with Gasteiger partial charge in [0, 0.05) is 12.6 Å². The molecule has 0 spiro atoms. The summed E-state index contributed by atoms with van der Waals surface area (Å²) < 4.78 is 24.7. The fourth-order valence-corrected chi connectivity index (χ4v) is 6.12.